The van der Waals surface area contributed by atoms with E-state index in [4.69, 9.17) is 4.42 Å². The van der Waals surface area contributed by atoms with Gasteiger partial charge in [0.1, 0.15) is 6.26 Å². The van der Waals surface area contributed by atoms with Gasteiger partial charge in [0.25, 0.3) is 0 Å². The fraction of sp³-hybridized carbons (Fsp3) is 0.292. The average Bonchev–Trinajstić information content (AvgIpc) is 3.28. The van der Waals surface area contributed by atoms with E-state index < -0.39 is 0 Å². The molecule has 0 aliphatic carbocycles. The standard InChI is InChI=1S/C24H27N5O2/c1-17-9-11-19(12-10-17)23-28-20(16-31-23)14-26-24(25-2)27-15-22(30)29-13-5-7-18-6-3-4-8-21(18)29/h3-4,6,8-12,16H,5,7,13-15H2,1-2H3,(H2,25,26,27). The number of nitrogens with zero attached hydrogens (tertiary/aromatic N) is 3. The van der Waals surface area contributed by atoms with Crippen LogP contribution in [0.3, 0.4) is 0 Å². The van der Waals surface area contributed by atoms with Gasteiger partial charge in [0.15, 0.2) is 5.96 Å². The van der Waals surface area contributed by atoms with Crippen LogP contribution in [-0.4, -0.2) is 37.0 Å². The van der Waals surface area contributed by atoms with Crippen molar-refractivity contribution in [3.8, 4) is 11.5 Å². The van der Waals surface area contributed by atoms with Crippen molar-refractivity contribution >= 4 is 17.6 Å². The smallest absolute Gasteiger partial charge is 0.246 e. The lowest BCUT2D eigenvalue weighted by molar-refractivity contribution is -0.117. The molecule has 2 aromatic carbocycles. The van der Waals surface area contributed by atoms with Crippen molar-refractivity contribution < 1.29 is 9.21 Å². The molecule has 0 fully saturated rings. The van der Waals surface area contributed by atoms with Crippen LogP contribution < -0.4 is 15.5 Å². The fourth-order valence-electron chi connectivity index (χ4n) is 3.66. The monoisotopic (exact) mass is 417 g/mol. The number of anilines is 1. The van der Waals surface area contributed by atoms with Gasteiger partial charge in [0, 0.05) is 24.8 Å². The van der Waals surface area contributed by atoms with Gasteiger partial charge in [-0.25, -0.2) is 4.98 Å². The Labute approximate surface area is 182 Å². The number of nitrogens with one attached hydrogen (secondary N) is 2. The molecule has 1 aliphatic heterocycles. The number of fused-ring (bicyclic) bond motifs is 1. The summed E-state index contributed by atoms with van der Waals surface area (Å²) in [5.41, 5.74) is 5.12. The summed E-state index contributed by atoms with van der Waals surface area (Å²) < 4.78 is 5.60. The van der Waals surface area contributed by atoms with Crippen LogP contribution in [0.5, 0.6) is 0 Å². The maximum atomic E-state index is 12.8. The number of para-hydroxylation sites is 1. The van der Waals surface area contributed by atoms with E-state index in [9.17, 15) is 4.79 Å². The molecule has 0 saturated heterocycles. The molecule has 1 aliphatic rings. The number of aromatic nitrogens is 1. The first kappa shape index (κ1) is 20.7. The van der Waals surface area contributed by atoms with Gasteiger partial charge in [0.05, 0.1) is 18.8 Å². The van der Waals surface area contributed by atoms with E-state index in [2.05, 4.69) is 26.7 Å². The van der Waals surface area contributed by atoms with E-state index in [1.807, 2.05) is 54.3 Å². The van der Waals surface area contributed by atoms with Gasteiger partial charge in [-0.05, 0) is 43.5 Å². The topological polar surface area (TPSA) is 82.8 Å². The summed E-state index contributed by atoms with van der Waals surface area (Å²) in [4.78, 5) is 23.4. The highest BCUT2D eigenvalue weighted by Crippen LogP contribution is 2.26. The molecule has 4 rings (SSSR count). The summed E-state index contributed by atoms with van der Waals surface area (Å²) >= 11 is 0. The molecular weight excluding hydrogens is 390 g/mol. The maximum absolute atomic E-state index is 12.8. The van der Waals surface area contributed by atoms with E-state index in [1.165, 1.54) is 11.1 Å². The zero-order valence-electron chi connectivity index (χ0n) is 17.9. The Morgan fingerprint density at radius 3 is 2.77 bits per heavy atom. The molecule has 160 valence electrons. The maximum Gasteiger partial charge on any atom is 0.246 e. The SMILES string of the molecule is CN=C(NCC(=O)N1CCCc2ccccc21)NCc1coc(-c2ccc(C)cc2)n1. The fourth-order valence-corrected chi connectivity index (χ4v) is 3.66. The van der Waals surface area contributed by atoms with Crippen molar-refractivity contribution in [3.63, 3.8) is 0 Å². The van der Waals surface area contributed by atoms with Gasteiger partial charge >= 0.3 is 0 Å². The molecule has 0 radical (unpaired) electrons. The van der Waals surface area contributed by atoms with E-state index in [1.54, 1.807) is 13.3 Å². The zero-order chi connectivity index (χ0) is 21.6. The largest absolute Gasteiger partial charge is 0.444 e. The number of benzene rings is 2. The van der Waals surface area contributed by atoms with Crippen molar-refractivity contribution in [2.75, 3.05) is 25.0 Å². The van der Waals surface area contributed by atoms with Crippen LogP contribution in [0.4, 0.5) is 5.69 Å². The van der Waals surface area contributed by atoms with E-state index in [0.29, 0.717) is 18.4 Å². The third kappa shape index (κ3) is 4.94. The number of hydrogen-bond acceptors (Lipinski definition) is 4. The summed E-state index contributed by atoms with van der Waals surface area (Å²) in [6, 6.07) is 16.1. The molecule has 0 spiro atoms. The predicted molar refractivity (Wildman–Crippen MR) is 122 cm³/mol. The normalized spacial score (nSPS) is 13.6. The summed E-state index contributed by atoms with van der Waals surface area (Å²) in [6.45, 7) is 3.39. The second kappa shape index (κ2) is 9.47. The third-order valence-electron chi connectivity index (χ3n) is 5.33. The Bertz CT molecular complexity index is 1070. The molecule has 0 saturated carbocycles. The highest BCUT2D eigenvalue weighted by molar-refractivity contribution is 5.98. The number of oxazole rings is 1. The van der Waals surface area contributed by atoms with E-state index in [-0.39, 0.29) is 12.5 Å². The molecule has 1 aromatic heterocycles. The van der Waals surface area contributed by atoms with Gasteiger partial charge in [-0.1, -0.05) is 35.9 Å². The van der Waals surface area contributed by atoms with Crippen LogP contribution >= 0.6 is 0 Å². The minimum Gasteiger partial charge on any atom is -0.444 e. The molecule has 0 atom stereocenters. The van der Waals surface area contributed by atoms with E-state index in [0.717, 1.165) is 36.3 Å². The Morgan fingerprint density at radius 1 is 1.16 bits per heavy atom. The number of aryl methyl sites for hydroxylation is 2. The lowest BCUT2D eigenvalue weighted by Crippen LogP contribution is -2.45. The van der Waals surface area contributed by atoms with Crippen molar-refractivity contribution in [1.82, 2.24) is 15.6 Å². The number of hydrogen-bond donors (Lipinski definition) is 2. The Hall–Kier alpha value is -3.61. The van der Waals surface area contributed by atoms with Crippen molar-refractivity contribution in [2.45, 2.75) is 26.3 Å². The third-order valence-corrected chi connectivity index (χ3v) is 5.33. The molecule has 1 amide bonds. The van der Waals surface area contributed by atoms with Crippen LogP contribution in [0, 0.1) is 6.92 Å². The second-order valence-electron chi connectivity index (χ2n) is 7.57. The molecule has 31 heavy (non-hydrogen) atoms. The first-order chi connectivity index (χ1) is 15.1. The minimum absolute atomic E-state index is 0.0261. The number of carbonyl (C=O) groups is 1. The Kier molecular flexibility index (Phi) is 6.31. The first-order valence-corrected chi connectivity index (χ1v) is 10.5. The number of aliphatic imine (C=N–C) groups is 1. The predicted octanol–water partition coefficient (Wildman–Crippen LogP) is 3.29. The van der Waals surface area contributed by atoms with Gasteiger partial charge < -0.3 is 20.0 Å². The molecular formula is C24H27N5O2. The number of rotatable bonds is 5. The van der Waals surface area contributed by atoms with Gasteiger partial charge in [-0.15, -0.1) is 0 Å². The van der Waals surface area contributed by atoms with Gasteiger partial charge in [0.2, 0.25) is 11.8 Å². The second-order valence-corrected chi connectivity index (χ2v) is 7.57. The Morgan fingerprint density at radius 2 is 1.97 bits per heavy atom. The van der Waals surface area contributed by atoms with Gasteiger partial charge in [-0.3, -0.25) is 9.79 Å². The van der Waals surface area contributed by atoms with Crippen molar-refractivity contribution in [2.24, 2.45) is 4.99 Å². The molecule has 2 N–H and O–H groups in total. The van der Waals surface area contributed by atoms with Crippen LogP contribution in [0.15, 0.2) is 64.2 Å². The Balaban J connectivity index is 1.31. The molecule has 2 heterocycles. The quantitative estimate of drug-likeness (QED) is 0.492. The van der Waals surface area contributed by atoms with Crippen LogP contribution in [0.25, 0.3) is 11.5 Å². The highest BCUT2D eigenvalue weighted by Gasteiger charge is 2.22. The highest BCUT2D eigenvalue weighted by atomic mass is 16.3. The molecule has 7 nitrogen and oxygen atoms in total. The number of carbonyl (C=O) groups excluding carboxylic acids is 1. The van der Waals surface area contributed by atoms with Crippen LogP contribution in [0.1, 0.15) is 23.2 Å². The van der Waals surface area contributed by atoms with Crippen LogP contribution in [-0.2, 0) is 17.8 Å². The average molecular weight is 418 g/mol. The zero-order valence-corrected chi connectivity index (χ0v) is 17.9. The molecule has 7 heteroatoms. The number of guanidine groups is 1. The van der Waals surface area contributed by atoms with Crippen molar-refractivity contribution in [3.05, 3.63) is 71.6 Å². The molecule has 0 bridgehead atoms. The molecule has 3 aromatic rings. The summed E-state index contributed by atoms with van der Waals surface area (Å²) in [5.74, 6) is 1.15. The lowest BCUT2D eigenvalue weighted by atomic mass is 10.0. The van der Waals surface area contributed by atoms with Crippen molar-refractivity contribution in [1.29, 1.82) is 0 Å². The lowest BCUT2D eigenvalue weighted by Gasteiger charge is -2.29. The summed E-state index contributed by atoms with van der Waals surface area (Å²) in [5, 5.41) is 6.28. The van der Waals surface area contributed by atoms with Gasteiger partial charge in [-0.2, -0.15) is 0 Å². The first-order valence-electron chi connectivity index (χ1n) is 10.5. The molecule has 0 unspecified atom stereocenters. The minimum atomic E-state index is 0.0261. The van der Waals surface area contributed by atoms with E-state index >= 15 is 0 Å². The number of amides is 1. The summed E-state index contributed by atoms with van der Waals surface area (Å²) in [7, 11) is 1.68. The van der Waals surface area contributed by atoms with Crippen LogP contribution in [0.2, 0.25) is 0 Å². The summed E-state index contributed by atoms with van der Waals surface area (Å²) in [6.07, 6.45) is 3.62.